The summed E-state index contributed by atoms with van der Waals surface area (Å²) < 4.78 is 10.6. The lowest BCUT2D eigenvalue weighted by Gasteiger charge is -2.20. The molecule has 0 fully saturated rings. The molecule has 0 N–H and O–H groups in total. The van der Waals surface area contributed by atoms with Crippen molar-refractivity contribution >= 4 is 5.97 Å². The van der Waals surface area contributed by atoms with Crippen LogP contribution in [0, 0.1) is 11.3 Å². The molecule has 114 valence electrons. The molecule has 0 aromatic heterocycles. The standard InChI is InChI=1S/C16H22N2O3/c1-3-9-18(13-16(19)20-4-2)10-11-21-15-7-5-14(12-17)6-8-15/h5-8H,3-4,9-11,13H2,1-2H3. The largest absolute Gasteiger partial charge is 0.492 e. The van der Waals surface area contributed by atoms with Gasteiger partial charge in [-0.3, -0.25) is 9.69 Å². The number of rotatable bonds is 9. The van der Waals surface area contributed by atoms with Crippen LogP contribution in [-0.4, -0.2) is 43.7 Å². The van der Waals surface area contributed by atoms with Gasteiger partial charge in [-0.05, 0) is 44.2 Å². The summed E-state index contributed by atoms with van der Waals surface area (Å²) in [7, 11) is 0. The van der Waals surface area contributed by atoms with Gasteiger partial charge in [0.2, 0.25) is 0 Å². The quantitative estimate of drug-likeness (QED) is 0.652. The number of nitrogens with zero attached hydrogens (tertiary/aromatic N) is 2. The van der Waals surface area contributed by atoms with E-state index >= 15 is 0 Å². The number of nitriles is 1. The molecule has 0 saturated heterocycles. The van der Waals surface area contributed by atoms with Gasteiger partial charge >= 0.3 is 5.97 Å². The Kier molecular flexibility index (Phi) is 7.92. The number of carbonyl (C=O) groups excluding carboxylic acids is 1. The Labute approximate surface area is 126 Å². The molecule has 0 unspecified atom stereocenters. The number of benzene rings is 1. The summed E-state index contributed by atoms with van der Waals surface area (Å²) in [5, 5.41) is 8.72. The summed E-state index contributed by atoms with van der Waals surface area (Å²) in [4.78, 5) is 13.5. The van der Waals surface area contributed by atoms with E-state index in [0.29, 0.717) is 31.9 Å². The SMILES string of the molecule is CCCN(CCOc1ccc(C#N)cc1)CC(=O)OCC. The van der Waals surface area contributed by atoms with Gasteiger partial charge in [-0.1, -0.05) is 6.92 Å². The predicted octanol–water partition coefficient (Wildman–Crippen LogP) is 2.21. The molecular weight excluding hydrogens is 268 g/mol. The molecule has 0 aliphatic heterocycles. The number of esters is 1. The Balaban J connectivity index is 2.38. The van der Waals surface area contributed by atoms with Gasteiger partial charge in [0.1, 0.15) is 12.4 Å². The molecule has 0 heterocycles. The second-order valence-corrected chi connectivity index (χ2v) is 4.57. The summed E-state index contributed by atoms with van der Waals surface area (Å²) in [5.41, 5.74) is 0.609. The van der Waals surface area contributed by atoms with Crippen molar-refractivity contribution in [3.63, 3.8) is 0 Å². The van der Waals surface area contributed by atoms with E-state index in [1.165, 1.54) is 0 Å². The first-order valence-corrected chi connectivity index (χ1v) is 7.20. The van der Waals surface area contributed by atoms with Crippen LogP contribution in [0.4, 0.5) is 0 Å². The van der Waals surface area contributed by atoms with Crippen LogP contribution in [0.5, 0.6) is 5.75 Å². The smallest absolute Gasteiger partial charge is 0.320 e. The van der Waals surface area contributed by atoms with Crippen LogP contribution in [0.3, 0.4) is 0 Å². The first-order chi connectivity index (χ1) is 10.2. The second-order valence-electron chi connectivity index (χ2n) is 4.57. The van der Waals surface area contributed by atoms with Crippen molar-refractivity contribution < 1.29 is 14.3 Å². The fraction of sp³-hybridized carbons (Fsp3) is 0.500. The molecule has 5 heteroatoms. The lowest BCUT2D eigenvalue weighted by atomic mass is 10.2. The molecule has 0 radical (unpaired) electrons. The zero-order valence-corrected chi connectivity index (χ0v) is 12.7. The minimum Gasteiger partial charge on any atom is -0.492 e. The Morgan fingerprint density at radius 3 is 2.52 bits per heavy atom. The minimum atomic E-state index is -0.204. The van der Waals surface area contributed by atoms with Gasteiger partial charge in [0.05, 0.1) is 24.8 Å². The molecule has 0 aliphatic carbocycles. The van der Waals surface area contributed by atoms with Crippen molar-refractivity contribution in [3.05, 3.63) is 29.8 Å². The van der Waals surface area contributed by atoms with Gasteiger partial charge in [-0.2, -0.15) is 5.26 Å². The van der Waals surface area contributed by atoms with Crippen molar-refractivity contribution in [1.82, 2.24) is 4.90 Å². The molecule has 0 spiro atoms. The zero-order chi connectivity index (χ0) is 15.5. The zero-order valence-electron chi connectivity index (χ0n) is 12.7. The van der Waals surface area contributed by atoms with Crippen LogP contribution < -0.4 is 4.74 Å². The molecule has 21 heavy (non-hydrogen) atoms. The fourth-order valence-corrected chi connectivity index (χ4v) is 1.89. The molecular formula is C16H22N2O3. The number of hydrogen-bond donors (Lipinski definition) is 0. The van der Waals surface area contributed by atoms with E-state index in [1.807, 2.05) is 4.90 Å². The summed E-state index contributed by atoms with van der Waals surface area (Å²) in [5.74, 6) is 0.519. The van der Waals surface area contributed by atoms with E-state index in [9.17, 15) is 4.79 Å². The molecule has 5 nitrogen and oxygen atoms in total. The van der Waals surface area contributed by atoms with Gasteiger partial charge in [0.15, 0.2) is 0 Å². The van der Waals surface area contributed by atoms with E-state index in [4.69, 9.17) is 14.7 Å². The molecule has 0 saturated carbocycles. The summed E-state index contributed by atoms with van der Waals surface area (Å²) in [6.45, 7) is 6.54. The van der Waals surface area contributed by atoms with Crippen LogP contribution in [0.1, 0.15) is 25.8 Å². The fourth-order valence-electron chi connectivity index (χ4n) is 1.89. The molecule has 1 aromatic carbocycles. The topological polar surface area (TPSA) is 62.6 Å². The monoisotopic (exact) mass is 290 g/mol. The molecule has 0 atom stereocenters. The average molecular weight is 290 g/mol. The molecule has 1 aromatic rings. The average Bonchev–Trinajstić information content (AvgIpc) is 2.48. The van der Waals surface area contributed by atoms with Crippen LogP contribution >= 0.6 is 0 Å². The molecule has 1 rings (SSSR count). The highest BCUT2D eigenvalue weighted by Gasteiger charge is 2.10. The van der Waals surface area contributed by atoms with Crippen molar-refractivity contribution in [2.45, 2.75) is 20.3 Å². The Morgan fingerprint density at radius 1 is 1.24 bits per heavy atom. The van der Waals surface area contributed by atoms with Crippen LogP contribution in [0.25, 0.3) is 0 Å². The van der Waals surface area contributed by atoms with Gasteiger partial charge in [0.25, 0.3) is 0 Å². The number of hydrogen-bond acceptors (Lipinski definition) is 5. The Bertz CT molecular complexity index is 465. The van der Waals surface area contributed by atoms with Gasteiger partial charge in [-0.25, -0.2) is 0 Å². The van der Waals surface area contributed by atoms with Crippen molar-refractivity contribution in [3.8, 4) is 11.8 Å². The second kappa shape index (κ2) is 9.78. The highest BCUT2D eigenvalue weighted by Crippen LogP contribution is 2.11. The lowest BCUT2D eigenvalue weighted by molar-refractivity contribution is -0.144. The van der Waals surface area contributed by atoms with E-state index in [-0.39, 0.29) is 5.97 Å². The van der Waals surface area contributed by atoms with E-state index < -0.39 is 0 Å². The van der Waals surface area contributed by atoms with Crippen LogP contribution in [0.15, 0.2) is 24.3 Å². The Morgan fingerprint density at radius 2 is 1.95 bits per heavy atom. The molecule has 0 bridgehead atoms. The van der Waals surface area contributed by atoms with Gasteiger partial charge in [-0.15, -0.1) is 0 Å². The highest BCUT2D eigenvalue weighted by molar-refractivity contribution is 5.71. The maximum absolute atomic E-state index is 11.5. The molecule has 0 amide bonds. The minimum absolute atomic E-state index is 0.204. The molecule has 0 aliphatic rings. The van der Waals surface area contributed by atoms with Crippen LogP contribution in [0.2, 0.25) is 0 Å². The van der Waals surface area contributed by atoms with E-state index in [1.54, 1.807) is 31.2 Å². The summed E-state index contributed by atoms with van der Waals surface area (Å²) >= 11 is 0. The first-order valence-electron chi connectivity index (χ1n) is 7.20. The van der Waals surface area contributed by atoms with Gasteiger partial charge < -0.3 is 9.47 Å². The summed E-state index contributed by atoms with van der Waals surface area (Å²) in [6, 6.07) is 9.05. The lowest BCUT2D eigenvalue weighted by Crippen LogP contribution is -2.35. The van der Waals surface area contributed by atoms with Crippen molar-refractivity contribution in [2.75, 3.05) is 32.8 Å². The maximum Gasteiger partial charge on any atom is 0.320 e. The summed E-state index contributed by atoms with van der Waals surface area (Å²) in [6.07, 6.45) is 0.969. The third-order valence-electron chi connectivity index (χ3n) is 2.86. The Hall–Kier alpha value is -2.06. The predicted molar refractivity (Wildman–Crippen MR) is 80.0 cm³/mol. The normalized spacial score (nSPS) is 10.2. The third-order valence-corrected chi connectivity index (χ3v) is 2.86. The van der Waals surface area contributed by atoms with Gasteiger partial charge in [0, 0.05) is 6.54 Å². The number of carbonyl (C=O) groups is 1. The van der Waals surface area contributed by atoms with E-state index in [0.717, 1.165) is 18.7 Å². The van der Waals surface area contributed by atoms with Crippen molar-refractivity contribution in [2.24, 2.45) is 0 Å². The maximum atomic E-state index is 11.5. The first kappa shape index (κ1) is 17.0. The van der Waals surface area contributed by atoms with Crippen molar-refractivity contribution in [1.29, 1.82) is 5.26 Å². The van der Waals surface area contributed by atoms with E-state index in [2.05, 4.69) is 13.0 Å². The third kappa shape index (κ3) is 6.77. The highest BCUT2D eigenvalue weighted by atomic mass is 16.5. The van der Waals surface area contributed by atoms with Crippen LogP contribution in [-0.2, 0) is 9.53 Å². The number of ether oxygens (including phenoxy) is 2.